The van der Waals surface area contributed by atoms with Crippen molar-refractivity contribution in [1.82, 2.24) is 0 Å². The van der Waals surface area contributed by atoms with E-state index in [1.165, 1.54) is 0 Å². The number of ether oxygens (including phenoxy) is 2. The molecular formula is C23H20O8. The summed E-state index contributed by atoms with van der Waals surface area (Å²) in [4.78, 5) is 36.2. The largest absolute Gasteiger partial charge is 0.459 e. The van der Waals surface area contributed by atoms with Gasteiger partial charge in [-0.15, -0.1) is 0 Å². The summed E-state index contributed by atoms with van der Waals surface area (Å²) in [5.74, 6) is -2.45. The fourth-order valence-electron chi connectivity index (χ4n) is 2.70. The molecule has 1 heterocycles. The van der Waals surface area contributed by atoms with E-state index >= 15 is 0 Å². The van der Waals surface area contributed by atoms with Crippen molar-refractivity contribution >= 4 is 11.9 Å². The first-order valence-corrected chi connectivity index (χ1v) is 9.39. The van der Waals surface area contributed by atoms with Crippen LogP contribution >= 0.6 is 0 Å². The second-order valence-corrected chi connectivity index (χ2v) is 6.58. The van der Waals surface area contributed by atoms with Crippen LogP contribution in [0.5, 0.6) is 0 Å². The SMILES string of the molecule is O=C(OCC(O)c1ccccc1)c1cc(C(=O)OCC(O)c2ccccc2)oc(=O)c1. The predicted octanol–water partition coefficient (Wildman–Crippen LogP) is 2.42. The Balaban J connectivity index is 1.61. The van der Waals surface area contributed by atoms with E-state index in [1.807, 2.05) is 0 Å². The van der Waals surface area contributed by atoms with Gasteiger partial charge in [-0.05, 0) is 11.1 Å². The van der Waals surface area contributed by atoms with Crippen LogP contribution in [0.3, 0.4) is 0 Å². The molecule has 2 atom stereocenters. The van der Waals surface area contributed by atoms with Crippen molar-refractivity contribution in [3.8, 4) is 0 Å². The van der Waals surface area contributed by atoms with E-state index in [9.17, 15) is 24.6 Å². The second-order valence-electron chi connectivity index (χ2n) is 6.58. The van der Waals surface area contributed by atoms with Gasteiger partial charge in [0.2, 0.25) is 5.76 Å². The van der Waals surface area contributed by atoms with E-state index in [2.05, 4.69) is 0 Å². The Kier molecular flexibility index (Phi) is 7.31. The second kappa shape index (κ2) is 10.3. The normalized spacial score (nSPS) is 12.6. The average molecular weight is 424 g/mol. The van der Waals surface area contributed by atoms with Crippen LogP contribution in [0.1, 0.15) is 44.2 Å². The minimum absolute atomic E-state index is 0.230. The van der Waals surface area contributed by atoms with Crippen LogP contribution in [0.2, 0.25) is 0 Å². The highest BCUT2D eigenvalue weighted by Gasteiger charge is 2.19. The van der Waals surface area contributed by atoms with E-state index < -0.39 is 35.5 Å². The third-order valence-electron chi connectivity index (χ3n) is 4.32. The molecule has 0 saturated heterocycles. The monoisotopic (exact) mass is 424 g/mol. The topological polar surface area (TPSA) is 123 Å². The zero-order valence-electron chi connectivity index (χ0n) is 16.3. The molecule has 3 aromatic rings. The van der Waals surface area contributed by atoms with Crippen LogP contribution in [0.4, 0.5) is 0 Å². The number of aliphatic hydroxyl groups excluding tert-OH is 2. The lowest BCUT2D eigenvalue weighted by Gasteiger charge is -2.12. The fraction of sp³-hybridized carbons (Fsp3) is 0.174. The van der Waals surface area contributed by atoms with Crippen molar-refractivity contribution < 1.29 is 33.7 Å². The summed E-state index contributed by atoms with van der Waals surface area (Å²) in [6.07, 6.45) is -2.11. The third kappa shape index (κ3) is 6.11. The molecule has 0 fully saturated rings. The molecule has 160 valence electrons. The first-order valence-electron chi connectivity index (χ1n) is 9.39. The highest BCUT2D eigenvalue weighted by molar-refractivity contribution is 5.93. The van der Waals surface area contributed by atoms with Crippen molar-refractivity contribution in [2.24, 2.45) is 0 Å². The summed E-state index contributed by atoms with van der Waals surface area (Å²) in [5, 5.41) is 20.1. The molecule has 0 radical (unpaired) electrons. The molecule has 1 aromatic heterocycles. The standard InChI is InChI=1S/C23H20O8/c24-18(15-7-3-1-4-8-15)13-29-22(27)17-11-20(31-21(26)12-17)23(28)30-14-19(25)16-9-5-2-6-10-16/h1-12,18-19,24-25H,13-14H2. The maximum atomic E-state index is 12.3. The zero-order chi connectivity index (χ0) is 22.2. The molecule has 3 rings (SSSR count). The van der Waals surface area contributed by atoms with Gasteiger partial charge in [-0.1, -0.05) is 60.7 Å². The molecular weight excluding hydrogens is 404 g/mol. The maximum absolute atomic E-state index is 12.3. The molecule has 0 aliphatic heterocycles. The lowest BCUT2D eigenvalue weighted by Crippen LogP contribution is -2.18. The summed E-state index contributed by atoms with van der Waals surface area (Å²) in [7, 11) is 0. The highest BCUT2D eigenvalue weighted by Crippen LogP contribution is 2.15. The number of hydrogen-bond acceptors (Lipinski definition) is 8. The molecule has 0 amide bonds. The van der Waals surface area contributed by atoms with Gasteiger partial charge in [-0.2, -0.15) is 0 Å². The minimum atomic E-state index is -1.07. The fourth-order valence-corrected chi connectivity index (χ4v) is 2.70. The van der Waals surface area contributed by atoms with E-state index in [0.717, 1.165) is 12.1 Å². The first kappa shape index (κ1) is 21.9. The number of aliphatic hydroxyl groups is 2. The summed E-state index contributed by atoms with van der Waals surface area (Å²) in [5.41, 5.74) is -0.0733. The van der Waals surface area contributed by atoms with Crippen LogP contribution in [0.15, 0.2) is 82.0 Å². The summed E-state index contributed by atoms with van der Waals surface area (Å²) in [6.45, 7) is -0.712. The van der Waals surface area contributed by atoms with Crippen molar-refractivity contribution in [2.45, 2.75) is 12.2 Å². The summed E-state index contributed by atoms with van der Waals surface area (Å²) in [6, 6.07) is 19.0. The van der Waals surface area contributed by atoms with Crippen LogP contribution in [0, 0.1) is 0 Å². The van der Waals surface area contributed by atoms with Gasteiger partial charge in [0.05, 0.1) is 5.56 Å². The molecule has 2 aromatic carbocycles. The number of hydrogen-bond donors (Lipinski definition) is 2. The Morgan fingerprint density at radius 1 is 0.774 bits per heavy atom. The molecule has 0 spiro atoms. The van der Waals surface area contributed by atoms with Crippen molar-refractivity contribution in [2.75, 3.05) is 13.2 Å². The molecule has 8 heteroatoms. The molecule has 0 aliphatic rings. The number of benzene rings is 2. The molecule has 0 bridgehead atoms. The first-order chi connectivity index (χ1) is 14.9. The smallest absolute Gasteiger partial charge is 0.374 e. The number of rotatable bonds is 8. The Labute approximate surface area is 177 Å². The van der Waals surface area contributed by atoms with Crippen molar-refractivity contribution in [3.05, 3.63) is 106 Å². The highest BCUT2D eigenvalue weighted by atomic mass is 16.6. The van der Waals surface area contributed by atoms with Crippen molar-refractivity contribution in [1.29, 1.82) is 0 Å². The van der Waals surface area contributed by atoms with E-state index in [-0.39, 0.29) is 18.8 Å². The van der Waals surface area contributed by atoms with Gasteiger partial charge < -0.3 is 24.1 Å². The van der Waals surface area contributed by atoms with Gasteiger partial charge in [0.15, 0.2) is 0 Å². The van der Waals surface area contributed by atoms with Crippen LogP contribution in [-0.4, -0.2) is 35.4 Å². The molecule has 31 heavy (non-hydrogen) atoms. The van der Waals surface area contributed by atoms with Gasteiger partial charge in [0.1, 0.15) is 25.4 Å². The minimum Gasteiger partial charge on any atom is -0.459 e. The van der Waals surface area contributed by atoms with Gasteiger partial charge in [0.25, 0.3) is 0 Å². The Morgan fingerprint density at radius 2 is 1.26 bits per heavy atom. The van der Waals surface area contributed by atoms with Crippen LogP contribution < -0.4 is 5.63 Å². The Bertz CT molecular complexity index is 993. The molecule has 2 unspecified atom stereocenters. The van der Waals surface area contributed by atoms with Gasteiger partial charge >= 0.3 is 17.6 Å². The molecule has 0 aliphatic carbocycles. The third-order valence-corrected chi connectivity index (χ3v) is 4.32. The lowest BCUT2D eigenvalue weighted by atomic mass is 10.1. The van der Waals surface area contributed by atoms with E-state index in [1.54, 1.807) is 60.7 Å². The molecule has 8 nitrogen and oxygen atoms in total. The number of carbonyl (C=O) groups excluding carboxylic acids is 2. The maximum Gasteiger partial charge on any atom is 0.374 e. The van der Waals surface area contributed by atoms with Crippen LogP contribution in [-0.2, 0) is 9.47 Å². The Morgan fingerprint density at radius 3 is 1.77 bits per heavy atom. The molecule has 0 saturated carbocycles. The quantitative estimate of drug-likeness (QED) is 0.529. The average Bonchev–Trinajstić information content (AvgIpc) is 2.81. The van der Waals surface area contributed by atoms with Gasteiger partial charge in [-0.3, -0.25) is 0 Å². The van der Waals surface area contributed by atoms with Crippen LogP contribution in [0.25, 0.3) is 0 Å². The Hall–Kier alpha value is -3.75. The van der Waals surface area contributed by atoms with E-state index in [0.29, 0.717) is 11.1 Å². The zero-order valence-corrected chi connectivity index (χ0v) is 16.3. The number of carbonyl (C=O) groups is 2. The summed E-state index contributed by atoms with van der Waals surface area (Å²) >= 11 is 0. The summed E-state index contributed by atoms with van der Waals surface area (Å²) < 4.78 is 14.8. The number of esters is 2. The lowest BCUT2D eigenvalue weighted by molar-refractivity contribution is 0.0216. The van der Waals surface area contributed by atoms with Gasteiger partial charge in [0, 0.05) is 12.1 Å². The van der Waals surface area contributed by atoms with Gasteiger partial charge in [-0.25, -0.2) is 14.4 Å². The van der Waals surface area contributed by atoms with Crippen molar-refractivity contribution in [3.63, 3.8) is 0 Å². The van der Waals surface area contributed by atoms with E-state index in [4.69, 9.17) is 13.9 Å². The predicted molar refractivity (Wildman–Crippen MR) is 108 cm³/mol. The molecule has 2 N–H and O–H groups in total.